The van der Waals surface area contributed by atoms with Crippen molar-refractivity contribution in [1.82, 2.24) is 0 Å². The summed E-state index contributed by atoms with van der Waals surface area (Å²) in [6.45, 7) is 3.74. The Balaban J connectivity index is 2.32. The Bertz CT molecular complexity index is 635. The Kier molecular flexibility index (Phi) is 3.82. The van der Waals surface area contributed by atoms with Gasteiger partial charge in [-0.1, -0.05) is 50.2 Å². The van der Waals surface area contributed by atoms with Gasteiger partial charge in [-0.05, 0) is 17.4 Å². The molecule has 1 atom stereocenters. The molecule has 0 heterocycles. The highest BCUT2D eigenvalue weighted by molar-refractivity contribution is 6.03. The number of carbonyl (C=O) groups excluding carboxylic acids is 1. The number of nitriles is 1. The largest absolute Gasteiger partial charge is 0.324 e. The van der Waals surface area contributed by atoms with Gasteiger partial charge in [-0.3, -0.25) is 4.79 Å². The Hall–Kier alpha value is -2.34. The SMILES string of the molecule is CC(C)C(C#N)C(=O)Nc1cccc2ccccc12. The van der Waals surface area contributed by atoms with Gasteiger partial charge in [0.2, 0.25) is 5.91 Å². The van der Waals surface area contributed by atoms with Crippen LogP contribution in [0.5, 0.6) is 0 Å². The van der Waals surface area contributed by atoms with Gasteiger partial charge in [0.05, 0.1) is 6.07 Å². The van der Waals surface area contributed by atoms with E-state index in [9.17, 15) is 4.79 Å². The molecule has 3 nitrogen and oxygen atoms in total. The first kappa shape index (κ1) is 13.1. The Morgan fingerprint density at radius 1 is 1.16 bits per heavy atom. The number of rotatable bonds is 3. The van der Waals surface area contributed by atoms with Crippen molar-refractivity contribution in [3.05, 3.63) is 42.5 Å². The maximum absolute atomic E-state index is 12.1. The van der Waals surface area contributed by atoms with E-state index < -0.39 is 5.92 Å². The fraction of sp³-hybridized carbons (Fsp3) is 0.250. The summed E-state index contributed by atoms with van der Waals surface area (Å²) in [5, 5.41) is 14.0. The monoisotopic (exact) mass is 252 g/mol. The van der Waals surface area contributed by atoms with E-state index in [1.165, 1.54) is 0 Å². The number of nitrogens with one attached hydrogen (secondary N) is 1. The first-order valence-corrected chi connectivity index (χ1v) is 6.31. The van der Waals surface area contributed by atoms with Crippen molar-refractivity contribution >= 4 is 22.4 Å². The van der Waals surface area contributed by atoms with E-state index in [-0.39, 0.29) is 11.8 Å². The lowest BCUT2D eigenvalue weighted by atomic mass is 9.96. The second-order valence-electron chi connectivity index (χ2n) is 4.87. The molecule has 2 rings (SSSR count). The van der Waals surface area contributed by atoms with Crippen LogP contribution < -0.4 is 5.32 Å². The molecule has 0 radical (unpaired) electrons. The number of fused-ring (bicyclic) bond motifs is 1. The first-order valence-electron chi connectivity index (χ1n) is 6.31. The van der Waals surface area contributed by atoms with Crippen LogP contribution in [0.3, 0.4) is 0 Å². The third-order valence-electron chi connectivity index (χ3n) is 3.14. The molecule has 0 saturated heterocycles. The molecular weight excluding hydrogens is 236 g/mol. The molecule has 1 N–H and O–H groups in total. The summed E-state index contributed by atoms with van der Waals surface area (Å²) < 4.78 is 0. The molecular formula is C16H16N2O. The number of anilines is 1. The van der Waals surface area contributed by atoms with Gasteiger partial charge in [0.15, 0.2) is 0 Å². The third-order valence-corrected chi connectivity index (χ3v) is 3.14. The summed E-state index contributed by atoms with van der Waals surface area (Å²) >= 11 is 0. The Morgan fingerprint density at radius 3 is 2.53 bits per heavy atom. The zero-order chi connectivity index (χ0) is 13.8. The zero-order valence-electron chi connectivity index (χ0n) is 11.1. The molecule has 0 spiro atoms. The van der Waals surface area contributed by atoms with E-state index in [0.29, 0.717) is 0 Å². The van der Waals surface area contributed by atoms with E-state index in [2.05, 4.69) is 11.4 Å². The summed E-state index contributed by atoms with van der Waals surface area (Å²) in [4.78, 5) is 12.1. The van der Waals surface area contributed by atoms with Gasteiger partial charge in [-0.2, -0.15) is 5.26 Å². The summed E-state index contributed by atoms with van der Waals surface area (Å²) in [7, 11) is 0. The van der Waals surface area contributed by atoms with Crippen LogP contribution >= 0.6 is 0 Å². The van der Waals surface area contributed by atoms with Crippen molar-refractivity contribution in [1.29, 1.82) is 5.26 Å². The highest BCUT2D eigenvalue weighted by Crippen LogP contribution is 2.24. The smallest absolute Gasteiger partial charge is 0.242 e. The number of carbonyl (C=O) groups is 1. The van der Waals surface area contributed by atoms with Crippen molar-refractivity contribution < 1.29 is 4.79 Å². The van der Waals surface area contributed by atoms with Crippen LogP contribution in [0.2, 0.25) is 0 Å². The number of benzene rings is 2. The van der Waals surface area contributed by atoms with E-state index in [1.807, 2.05) is 56.3 Å². The number of hydrogen-bond donors (Lipinski definition) is 1. The molecule has 96 valence electrons. The standard InChI is InChI=1S/C16H16N2O/c1-11(2)14(10-17)16(19)18-15-9-5-7-12-6-3-4-8-13(12)15/h3-9,11,14H,1-2H3,(H,18,19). The number of amides is 1. The molecule has 0 aliphatic heterocycles. The molecule has 1 amide bonds. The van der Waals surface area contributed by atoms with Gasteiger partial charge in [0.1, 0.15) is 5.92 Å². The normalized spacial score (nSPS) is 12.1. The van der Waals surface area contributed by atoms with E-state index in [0.717, 1.165) is 16.5 Å². The van der Waals surface area contributed by atoms with Crippen LogP contribution in [0.4, 0.5) is 5.69 Å². The highest BCUT2D eigenvalue weighted by atomic mass is 16.1. The lowest BCUT2D eigenvalue weighted by Crippen LogP contribution is -2.25. The summed E-state index contributed by atoms with van der Waals surface area (Å²) in [6.07, 6.45) is 0. The highest BCUT2D eigenvalue weighted by Gasteiger charge is 2.21. The fourth-order valence-corrected chi connectivity index (χ4v) is 2.06. The predicted molar refractivity (Wildman–Crippen MR) is 76.5 cm³/mol. The zero-order valence-corrected chi connectivity index (χ0v) is 11.1. The quantitative estimate of drug-likeness (QED) is 0.907. The minimum atomic E-state index is -0.626. The van der Waals surface area contributed by atoms with Crippen molar-refractivity contribution in [3.63, 3.8) is 0 Å². The maximum atomic E-state index is 12.1. The van der Waals surface area contributed by atoms with E-state index in [1.54, 1.807) is 0 Å². The fourth-order valence-electron chi connectivity index (χ4n) is 2.06. The number of hydrogen-bond acceptors (Lipinski definition) is 2. The minimum Gasteiger partial charge on any atom is -0.324 e. The number of nitrogens with zero attached hydrogens (tertiary/aromatic N) is 1. The van der Waals surface area contributed by atoms with Gasteiger partial charge in [0, 0.05) is 11.1 Å². The van der Waals surface area contributed by atoms with Gasteiger partial charge in [0.25, 0.3) is 0 Å². The average Bonchev–Trinajstić information content (AvgIpc) is 2.39. The lowest BCUT2D eigenvalue weighted by molar-refractivity contribution is -0.119. The summed E-state index contributed by atoms with van der Waals surface area (Å²) in [5.74, 6) is -0.868. The predicted octanol–water partition coefficient (Wildman–Crippen LogP) is 3.57. The van der Waals surface area contributed by atoms with Crippen LogP contribution in [0.15, 0.2) is 42.5 Å². The second kappa shape index (κ2) is 5.53. The van der Waals surface area contributed by atoms with Crippen LogP contribution in [-0.2, 0) is 4.79 Å². The van der Waals surface area contributed by atoms with E-state index in [4.69, 9.17) is 5.26 Å². The van der Waals surface area contributed by atoms with Crippen molar-refractivity contribution in [2.45, 2.75) is 13.8 Å². The van der Waals surface area contributed by atoms with Crippen LogP contribution in [0, 0.1) is 23.2 Å². The summed E-state index contributed by atoms with van der Waals surface area (Å²) in [5.41, 5.74) is 0.754. The van der Waals surface area contributed by atoms with Crippen molar-refractivity contribution in [3.8, 4) is 6.07 Å². The van der Waals surface area contributed by atoms with Crippen LogP contribution in [0.1, 0.15) is 13.8 Å². The maximum Gasteiger partial charge on any atom is 0.242 e. The molecule has 2 aromatic rings. The minimum absolute atomic E-state index is 0.0000218. The molecule has 19 heavy (non-hydrogen) atoms. The van der Waals surface area contributed by atoms with E-state index >= 15 is 0 Å². The van der Waals surface area contributed by atoms with Crippen molar-refractivity contribution in [2.24, 2.45) is 11.8 Å². The van der Waals surface area contributed by atoms with Crippen LogP contribution in [0.25, 0.3) is 10.8 Å². The van der Waals surface area contributed by atoms with Gasteiger partial charge < -0.3 is 5.32 Å². The Labute approximate surface area is 112 Å². The lowest BCUT2D eigenvalue weighted by Gasteiger charge is -2.14. The molecule has 0 aliphatic carbocycles. The molecule has 0 bridgehead atoms. The Morgan fingerprint density at radius 2 is 1.84 bits per heavy atom. The van der Waals surface area contributed by atoms with Crippen molar-refractivity contribution in [2.75, 3.05) is 5.32 Å². The molecule has 0 aromatic heterocycles. The first-order chi connectivity index (χ1) is 9.13. The van der Waals surface area contributed by atoms with Gasteiger partial charge in [-0.15, -0.1) is 0 Å². The van der Waals surface area contributed by atoms with Gasteiger partial charge in [-0.25, -0.2) is 0 Å². The summed E-state index contributed by atoms with van der Waals surface area (Å²) in [6, 6.07) is 15.7. The molecule has 0 aliphatic rings. The molecule has 0 fully saturated rings. The third kappa shape index (κ3) is 2.74. The van der Waals surface area contributed by atoms with Gasteiger partial charge >= 0.3 is 0 Å². The molecule has 1 unspecified atom stereocenters. The average molecular weight is 252 g/mol. The topological polar surface area (TPSA) is 52.9 Å². The molecule has 2 aromatic carbocycles. The molecule has 3 heteroatoms. The molecule has 0 saturated carbocycles. The van der Waals surface area contributed by atoms with Crippen LogP contribution in [-0.4, -0.2) is 5.91 Å². The second-order valence-corrected chi connectivity index (χ2v) is 4.87.